The Balaban J connectivity index is 1.78. The van der Waals surface area contributed by atoms with Crippen molar-refractivity contribution in [3.63, 3.8) is 0 Å². The third kappa shape index (κ3) is 5.22. The molecule has 0 atom stereocenters. The van der Waals surface area contributed by atoms with Crippen LogP contribution in [-0.4, -0.2) is 18.9 Å². The maximum atomic E-state index is 12.7. The van der Waals surface area contributed by atoms with Gasteiger partial charge in [0.05, 0.1) is 7.11 Å². The molecule has 6 nitrogen and oxygen atoms in total. The van der Waals surface area contributed by atoms with Crippen molar-refractivity contribution in [3.8, 4) is 11.5 Å². The molecule has 0 bridgehead atoms. The van der Waals surface area contributed by atoms with Gasteiger partial charge in [0.2, 0.25) is 5.91 Å². The van der Waals surface area contributed by atoms with Crippen molar-refractivity contribution in [3.05, 3.63) is 88.0 Å². The fraction of sp³-hybridized carbons (Fsp3) is 0.200. The zero-order valence-electron chi connectivity index (χ0n) is 18.1. The van der Waals surface area contributed by atoms with Crippen LogP contribution in [0.5, 0.6) is 11.5 Å². The molecule has 0 aliphatic heterocycles. The van der Waals surface area contributed by atoms with Crippen molar-refractivity contribution >= 4 is 17.5 Å². The van der Waals surface area contributed by atoms with E-state index in [9.17, 15) is 9.59 Å². The molecule has 3 N–H and O–H groups in total. The van der Waals surface area contributed by atoms with E-state index in [0.29, 0.717) is 22.6 Å². The molecule has 3 rings (SSSR count). The average molecular weight is 418 g/mol. The number of carbonyl (C=O) groups is 2. The number of hydrogen-bond acceptors (Lipinski definition) is 4. The van der Waals surface area contributed by atoms with E-state index in [4.69, 9.17) is 15.2 Å². The number of hydrogen-bond donors (Lipinski definition) is 2. The van der Waals surface area contributed by atoms with Gasteiger partial charge in [0.25, 0.3) is 5.91 Å². The molecule has 0 saturated heterocycles. The lowest BCUT2D eigenvalue weighted by Gasteiger charge is -2.15. The van der Waals surface area contributed by atoms with Gasteiger partial charge in [-0.25, -0.2) is 0 Å². The summed E-state index contributed by atoms with van der Waals surface area (Å²) in [4.78, 5) is 23.9. The van der Waals surface area contributed by atoms with E-state index in [2.05, 4.69) is 18.3 Å². The molecule has 0 saturated carbocycles. The van der Waals surface area contributed by atoms with Gasteiger partial charge in [0, 0.05) is 22.4 Å². The number of anilines is 1. The number of methoxy groups -OCH3 is 1. The Morgan fingerprint density at radius 2 is 1.58 bits per heavy atom. The van der Waals surface area contributed by atoms with E-state index in [1.807, 2.05) is 19.9 Å². The lowest BCUT2D eigenvalue weighted by molar-refractivity contribution is 0.0998. The number of carbonyl (C=O) groups excluding carboxylic acids is 2. The molecular formula is C25H26N2O4. The largest absolute Gasteiger partial charge is 0.496 e. The van der Waals surface area contributed by atoms with Crippen LogP contribution in [0.1, 0.15) is 43.0 Å². The number of nitrogens with one attached hydrogen (secondary N) is 1. The van der Waals surface area contributed by atoms with Crippen LogP contribution < -0.4 is 20.5 Å². The molecule has 3 aromatic rings. The van der Waals surface area contributed by atoms with Crippen molar-refractivity contribution in [1.82, 2.24) is 0 Å². The van der Waals surface area contributed by atoms with Crippen LogP contribution in [0.4, 0.5) is 5.69 Å². The van der Waals surface area contributed by atoms with Gasteiger partial charge < -0.3 is 20.5 Å². The third-order valence-electron chi connectivity index (χ3n) is 5.12. The molecule has 0 radical (unpaired) electrons. The number of rotatable bonds is 7. The summed E-state index contributed by atoms with van der Waals surface area (Å²) in [7, 11) is 1.58. The lowest BCUT2D eigenvalue weighted by atomic mass is 10.1. The van der Waals surface area contributed by atoms with Crippen LogP contribution in [-0.2, 0) is 6.61 Å². The zero-order chi connectivity index (χ0) is 22.5. The second-order valence-corrected chi connectivity index (χ2v) is 7.42. The first kappa shape index (κ1) is 21.9. The second kappa shape index (κ2) is 9.34. The van der Waals surface area contributed by atoms with Crippen LogP contribution >= 0.6 is 0 Å². The topological polar surface area (TPSA) is 90.6 Å². The van der Waals surface area contributed by atoms with Gasteiger partial charge >= 0.3 is 0 Å². The Kier molecular flexibility index (Phi) is 6.60. The Morgan fingerprint density at radius 3 is 2.23 bits per heavy atom. The van der Waals surface area contributed by atoms with Crippen LogP contribution in [0.25, 0.3) is 0 Å². The molecule has 2 amide bonds. The lowest BCUT2D eigenvalue weighted by Crippen LogP contribution is -2.14. The molecule has 31 heavy (non-hydrogen) atoms. The standard InChI is InChI=1S/C25H26N2O4/c1-15-11-16(2)17(3)23(12-15)31-14-20-13-19(7-10-22(20)30-4)25(29)27-21-8-5-18(6-9-21)24(26)28/h5-13H,14H2,1-4H3,(H2,26,28)(H,27,29). The van der Waals surface area contributed by atoms with Crippen LogP contribution in [0.3, 0.4) is 0 Å². The maximum absolute atomic E-state index is 12.7. The van der Waals surface area contributed by atoms with E-state index < -0.39 is 5.91 Å². The predicted octanol–water partition coefficient (Wildman–Crippen LogP) is 4.55. The van der Waals surface area contributed by atoms with Crippen molar-refractivity contribution in [2.24, 2.45) is 5.73 Å². The fourth-order valence-electron chi connectivity index (χ4n) is 3.26. The molecule has 0 aromatic heterocycles. The quantitative estimate of drug-likeness (QED) is 0.589. The highest BCUT2D eigenvalue weighted by atomic mass is 16.5. The summed E-state index contributed by atoms with van der Waals surface area (Å²) >= 11 is 0. The minimum absolute atomic E-state index is 0.265. The minimum atomic E-state index is -0.517. The first-order chi connectivity index (χ1) is 14.8. The number of primary amides is 1. The second-order valence-electron chi connectivity index (χ2n) is 7.42. The van der Waals surface area contributed by atoms with E-state index in [-0.39, 0.29) is 12.5 Å². The summed E-state index contributed by atoms with van der Waals surface area (Å²) in [5.41, 5.74) is 10.8. The van der Waals surface area contributed by atoms with Gasteiger partial charge in [-0.3, -0.25) is 9.59 Å². The zero-order valence-corrected chi connectivity index (χ0v) is 18.1. The van der Waals surface area contributed by atoms with Crippen LogP contribution in [0.15, 0.2) is 54.6 Å². The summed E-state index contributed by atoms with van der Waals surface area (Å²) in [6.07, 6.45) is 0. The molecule has 0 aliphatic carbocycles. The van der Waals surface area contributed by atoms with E-state index in [0.717, 1.165) is 28.0 Å². The summed E-state index contributed by atoms with van der Waals surface area (Å²) in [6.45, 7) is 6.37. The first-order valence-corrected chi connectivity index (χ1v) is 9.87. The summed E-state index contributed by atoms with van der Waals surface area (Å²) < 4.78 is 11.5. The van der Waals surface area contributed by atoms with Crippen LogP contribution in [0.2, 0.25) is 0 Å². The normalized spacial score (nSPS) is 10.5. The monoisotopic (exact) mass is 418 g/mol. The Labute approximate surface area is 182 Å². The van der Waals surface area contributed by atoms with Crippen molar-refractivity contribution in [1.29, 1.82) is 0 Å². The van der Waals surface area contributed by atoms with Gasteiger partial charge in [-0.05, 0) is 86.0 Å². The molecular weight excluding hydrogens is 392 g/mol. The van der Waals surface area contributed by atoms with Crippen molar-refractivity contribution in [2.45, 2.75) is 27.4 Å². The highest BCUT2D eigenvalue weighted by Crippen LogP contribution is 2.27. The van der Waals surface area contributed by atoms with Crippen molar-refractivity contribution in [2.75, 3.05) is 12.4 Å². The molecule has 0 heterocycles. The van der Waals surface area contributed by atoms with Gasteiger partial charge in [0.1, 0.15) is 18.1 Å². The number of benzene rings is 3. The first-order valence-electron chi connectivity index (χ1n) is 9.87. The third-order valence-corrected chi connectivity index (χ3v) is 5.12. The van der Waals surface area contributed by atoms with Crippen LogP contribution in [0, 0.1) is 20.8 Å². The van der Waals surface area contributed by atoms with Gasteiger partial charge in [0.15, 0.2) is 0 Å². The van der Waals surface area contributed by atoms with Gasteiger partial charge in [-0.1, -0.05) is 6.07 Å². The number of aryl methyl sites for hydroxylation is 2. The Hall–Kier alpha value is -3.80. The molecule has 0 aliphatic rings. The van der Waals surface area contributed by atoms with Gasteiger partial charge in [-0.2, -0.15) is 0 Å². The molecule has 0 fully saturated rings. The molecule has 160 valence electrons. The number of nitrogens with two attached hydrogens (primary N) is 1. The summed E-state index contributed by atoms with van der Waals surface area (Å²) in [6, 6.07) is 15.7. The summed E-state index contributed by atoms with van der Waals surface area (Å²) in [5, 5.41) is 2.81. The highest BCUT2D eigenvalue weighted by Gasteiger charge is 2.13. The smallest absolute Gasteiger partial charge is 0.255 e. The molecule has 0 spiro atoms. The number of amides is 2. The molecule has 0 unspecified atom stereocenters. The maximum Gasteiger partial charge on any atom is 0.255 e. The molecule has 6 heteroatoms. The fourth-order valence-corrected chi connectivity index (χ4v) is 3.26. The molecule has 3 aromatic carbocycles. The summed E-state index contributed by atoms with van der Waals surface area (Å²) in [5.74, 6) is 0.656. The Bertz CT molecular complexity index is 1120. The SMILES string of the molecule is COc1ccc(C(=O)Nc2ccc(C(N)=O)cc2)cc1COc1cc(C)cc(C)c1C. The van der Waals surface area contributed by atoms with Gasteiger partial charge in [-0.15, -0.1) is 0 Å². The average Bonchev–Trinajstić information content (AvgIpc) is 2.75. The van der Waals surface area contributed by atoms with E-state index in [1.54, 1.807) is 49.6 Å². The Morgan fingerprint density at radius 1 is 0.903 bits per heavy atom. The van der Waals surface area contributed by atoms with Crippen molar-refractivity contribution < 1.29 is 19.1 Å². The van der Waals surface area contributed by atoms with E-state index >= 15 is 0 Å². The van der Waals surface area contributed by atoms with E-state index in [1.165, 1.54) is 0 Å². The predicted molar refractivity (Wildman–Crippen MR) is 121 cm³/mol. The number of ether oxygens (including phenoxy) is 2. The highest BCUT2D eigenvalue weighted by molar-refractivity contribution is 6.04. The minimum Gasteiger partial charge on any atom is -0.496 e.